The van der Waals surface area contributed by atoms with Crippen molar-refractivity contribution in [2.24, 2.45) is 0 Å². The molecule has 10 nitrogen and oxygen atoms in total. The second kappa shape index (κ2) is 9.38. The number of carbonyl (C=O) groups is 2. The van der Waals surface area contributed by atoms with E-state index in [0.29, 0.717) is 5.75 Å². The minimum atomic E-state index is -5.08. The predicted molar refractivity (Wildman–Crippen MR) is 105 cm³/mol. The number of rotatable bonds is 7. The van der Waals surface area contributed by atoms with Crippen LogP contribution in [0.4, 0.5) is 24.9 Å². The number of para-hydroxylation sites is 1. The lowest BCUT2D eigenvalue weighted by Crippen LogP contribution is -2.15. The number of nitro benzene ring substituents is 1. The van der Waals surface area contributed by atoms with E-state index in [1.165, 1.54) is 6.92 Å². The maximum atomic E-state index is 13.2. The lowest BCUT2D eigenvalue weighted by molar-refractivity contribution is -0.384. The zero-order valence-electron chi connectivity index (χ0n) is 16.7. The van der Waals surface area contributed by atoms with E-state index in [1.807, 2.05) is 5.32 Å². The van der Waals surface area contributed by atoms with Crippen molar-refractivity contribution < 1.29 is 41.6 Å². The molecule has 0 aliphatic heterocycles. The van der Waals surface area contributed by atoms with Gasteiger partial charge in [0, 0.05) is 12.1 Å². The first-order valence-corrected chi connectivity index (χ1v) is 9.18. The fraction of sp³-hybridized carbons (Fsp3) is 0.150. The summed E-state index contributed by atoms with van der Waals surface area (Å²) in [5, 5.41) is 13.1. The molecule has 0 unspecified atom stereocenters. The molecule has 0 radical (unpaired) electrons. The Labute approximate surface area is 183 Å². The molecular formula is C20H14F3N3O7. The molecule has 0 atom stereocenters. The van der Waals surface area contributed by atoms with Crippen molar-refractivity contribution in [3.05, 3.63) is 75.7 Å². The Morgan fingerprint density at radius 3 is 2.48 bits per heavy atom. The standard InChI is InChI=1S/C20H14F3N3O7/c1-2-31-18(28)15-16(20(21,22)23)24-19(33-15)25-17(27)13-10-11(26(29)30)8-9-14(13)32-12-6-4-3-5-7-12/h3-10H,2H2,1H3,(H,24,25,27). The van der Waals surface area contributed by atoms with Crippen molar-refractivity contribution in [2.45, 2.75) is 13.1 Å². The van der Waals surface area contributed by atoms with E-state index in [4.69, 9.17) is 9.15 Å². The molecule has 1 heterocycles. The Balaban J connectivity index is 1.97. The number of anilines is 1. The van der Waals surface area contributed by atoms with E-state index in [0.717, 1.165) is 18.2 Å². The summed E-state index contributed by atoms with van der Waals surface area (Å²) < 4.78 is 54.6. The minimum Gasteiger partial charge on any atom is -0.460 e. The highest BCUT2D eigenvalue weighted by molar-refractivity contribution is 6.06. The number of hydrogen-bond acceptors (Lipinski definition) is 8. The summed E-state index contributed by atoms with van der Waals surface area (Å²) in [7, 11) is 0. The summed E-state index contributed by atoms with van der Waals surface area (Å²) in [4.78, 5) is 38.0. The summed E-state index contributed by atoms with van der Waals surface area (Å²) >= 11 is 0. The van der Waals surface area contributed by atoms with Gasteiger partial charge in [-0.05, 0) is 25.1 Å². The number of amides is 1. The molecule has 1 aromatic heterocycles. The van der Waals surface area contributed by atoms with Crippen molar-refractivity contribution in [3.63, 3.8) is 0 Å². The average molecular weight is 465 g/mol. The van der Waals surface area contributed by atoms with Crippen LogP contribution in [-0.4, -0.2) is 28.4 Å². The number of hydrogen-bond donors (Lipinski definition) is 1. The van der Waals surface area contributed by atoms with Crippen molar-refractivity contribution >= 4 is 23.6 Å². The molecule has 0 bridgehead atoms. The number of oxazole rings is 1. The van der Waals surface area contributed by atoms with Gasteiger partial charge in [0.1, 0.15) is 11.5 Å². The smallest absolute Gasteiger partial charge is 0.437 e. The minimum absolute atomic E-state index is 0.127. The van der Waals surface area contributed by atoms with Crippen LogP contribution in [0.2, 0.25) is 0 Å². The molecule has 1 amide bonds. The van der Waals surface area contributed by atoms with Crippen LogP contribution in [0.5, 0.6) is 11.5 Å². The Hall–Kier alpha value is -4.42. The number of ether oxygens (including phenoxy) is 2. The highest BCUT2D eigenvalue weighted by atomic mass is 19.4. The number of benzene rings is 2. The first kappa shape index (κ1) is 23.2. The summed E-state index contributed by atoms with van der Waals surface area (Å²) in [5.41, 5.74) is -2.57. The SMILES string of the molecule is CCOC(=O)c1oc(NC(=O)c2cc([N+](=O)[O-])ccc2Oc2ccccc2)nc1C(F)(F)F. The summed E-state index contributed by atoms with van der Waals surface area (Å²) in [6.07, 6.45) is -5.08. The van der Waals surface area contributed by atoms with E-state index < -0.39 is 51.7 Å². The molecule has 33 heavy (non-hydrogen) atoms. The lowest BCUT2D eigenvalue weighted by atomic mass is 10.1. The van der Waals surface area contributed by atoms with E-state index in [1.54, 1.807) is 30.3 Å². The molecule has 0 fully saturated rings. The van der Waals surface area contributed by atoms with Gasteiger partial charge in [0.25, 0.3) is 11.6 Å². The van der Waals surface area contributed by atoms with Crippen LogP contribution in [0, 0.1) is 10.1 Å². The van der Waals surface area contributed by atoms with Gasteiger partial charge in [-0.15, -0.1) is 0 Å². The van der Waals surface area contributed by atoms with E-state index >= 15 is 0 Å². The fourth-order valence-corrected chi connectivity index (χ4v) is 2.58. The number of alkyl halides is 3. The monoisotopic (exact) mass is 465 g/mol. The normalized spacial score (nSPS) is 11.0. The van der Waals surface area contributed by atoms with Gasteiger partial charge >= 0.3 is 18.2 Å². The number of nitro groups is 1. The number of aromatic nitrogens is 1. The van der Waals surface area contributed by atoms with E-state index in [9.17, 15) is 32.9 Å². The first-order valence-electron chi connectivity index (χ1n) is 9.18. The summed E-state index contributed by atoms with van der Waals surface area (Å²) in [6, 6.07) is 10.2. The Kier molecular flexibility index (Phi) is 6.61. The average Bonchev–Trinajstić information content (AvgIpc) is 3.19. The van der Waals surface area contributed by atoms with E-state index in [2.05, 4.69) is 9.72 Å². The fourth-order valence-electron chi connectivity index (χ4n) is 2.58. The van der Waals surface area contributed by atoms with E-state index in [-0.39, 0.29) is 12.4 Å². The molecule has 0 spiro atoms. The molecule has 13 heteroatoms. The number of carbonyl (C=O) groups excluding carboxylic acids is 2. The number of nitrogens with zero attached hydrogens (tertiary/aromatic N) is 2. The van der Waals surface area contributed by atoms with Crippen molar-refractivity contribution in [2.75, 3.05) is 11.9 Å². The number of halogens is 3. The van der Waals surface area contributed by atoms with Gasteiger partial charge in [-0.25, -0.2) is 4.79 Å². The second-order valence-corrected chi connectivity index (χ2v) is 6.22. The molecule has 3 rings (SSSR count). The van der Waals surface area contributed by atoms with Gasteiger partial charge in [0.15, 0.2) is 5.69 Å². The molecule has 2 aromatic carbocycles. The molecule has 1 N–H and O–H groups in total. The molecule has 0 aliphatic carbocycles. The highest BCUT2D eigenvalue weighted by Crippen LogP contribution is 2.34. The van der Waals surface area contributed by atoms with Crippen LogP contribution in [0.15, 0.2) is 52.9 Å². The third kappa shape index (κ3) is 5.44. The first-order chi connectivity index (χ1) is 15.6. The molecular weight excluding hydrogens is 451 g/mol. The van der Waals surface area contributed by atoms with Gasteiger partial charge in [0.05, 0.1) is 17.1 Å². The van der Waals surface area contributed by atoms with Gasteiger partial charge in [-0.2, -0.15) is 18.2 Å². The van der Waals surface area contributed by atoms with Crippen LogP contribution in [0.1, 0.15) is 33.5 Å². The molecule has 172 valence electrons. The van der Waals surface area contributed by atoms with Gasteiger partial charge in [-0.1, -0.05) is 18.2 Å². The Bertz CT molecular complexity index is 1190. The zero-order chi connectivity index (χ0) is 24.2. The summed E-state index contributed by atoms with van der Waals surface area (Å²) in [5.74, 6) is -3.64. The molecule has 0 aliphatic rings. The molecule has 3 aromatic rings. The Morgan fingerprint density at radius 1 is 1.18 bits per heavy atom. The maximum Gasteiger partial charge on any atom is 0.437 e. The van der Waals surface area contributed by atoms with Crippen LogP contribution in [-0.2, 0) is 10.9 Å². The highest BCUT2D eigenvalue weighted by Gasteiger charge is 2.42. The van der Waals surface area contributed by atoms with Crippen LogP contribution in [0.25, 0.3) is 0 Å². The predicted octanol–water partition coefficient (Wildman–Crippen LogP) is 4.82. The molecule has 0 saturated heterocycles. The van der Waals surface area contributed by atoms with Crippen molar-refractivity contribution in [3.8, 4) is 11.5 Å². The lowest BCUT2D eigenvalue weighted by Gasteiger charge is -2.10. The number of non-ortho nitro benzene ring substituents is 1. The van der Waals surface area contributed by atoms with Crippen LogP contribution < -0.4 is 10.1 Å². The van der Waals surface area contributed by atoms with Crippen molar-refractivity contribution in [1.82, 2.24) is 4.98 Å². The third-order valence-corrected chi connectivity index (χ3v) is 3.97. The van der Waals surface area contributed by atoms with Crippen LogP contribution in [0.3, 0.4) is 0 Å². The van der Waals surface area contributed by atoms with Gasteiger partial charge in [0.2, 0.25) is 5.76 Å². The quantitative estimate of drug-likeness (QED) is 0.298. The third-order valence-electron chi connectivity index (χ3n) is 3.97. The van der Waals surface area contributed by atoms with Crippen molar-refractivity contribution in [1.29, 1.82) is 0 Å². The largest absolute Gasteiger partial charge is 0.460 e. The maximum absolute atomic E-state index is 13.2. The zero-order valence-corrected chi connectivity index (χ0v) is 16.7. The number of nitrogens with one attached hydrogen (secondary N) is 1. The van der Waals surface area contributed by atoms with Crippen LogP contribution >= 0.6 is 0 Å². The molecule has 0 saturated carbocycles. The number of esters is 1. The Morgan fingerprint density at radius 2 is 1.88 bits per heavy atom. The second-order valence-electron chi connectivity index (χ2n) is 6.22. The topological polar surface area (TPSA) is 134 Å². The van der Waals surface area contributed by atoms with Gasteiger partial charge < -0.3 is 13.9 Å². The van der Waals surface area contributed by atoms with Gasteiger partial charge in [-0.3, -0.25) is 20.2 Å². The summed E-state index contributed by atoms with van der Waals surface area (Å²) in [6.45, 7) is 1.15.